The molecule has 12 nitrogen and oxygen atoms in total. The number of aromatic nitrogens is 4. The lowest BCUT2D eigenvalue weighted by Crippen LogP contribution is -2.33. The second-order valence-electron chi connectivity index (χ2n) is 6.56. The smallest absolute Gasteiger partial charge is 0.269 e. The highest BCUT2D eigenvalue weighted by Crippen LogP contribution is 2.32. The van der Waals surface area contributed by atoms with E-state index in [1.807, 2.05) is 0 Å². The summed E-state index contributed by atoms with van der Waals surface area (Å²) in [7, 11) is 0. The third kappa shape index (κ3) is 3.49. The van der Waals surface area contributed by atoms with Gasteiger partial charge in [-0.05, 0) is 5.56 Å². The highest BCUT2D eigenvalue weighted by molar-refractivity contribution is 5.82. The summed E-state index contributed by atoms with van der Waals surface area (Å²) in [6, 6.07) is 6.22. The lowest BCUT2D eigenvalue weighted by molar-refractivity contribution is -0.384. The summed E-state index contributed by atoms with van der Waals surface area (Å²) < 4.78 is 6.98. The first-order chi connectivity index (χ1) is 14.0. The normalized spacial score (nSPS) is 24.1. The van der Waals surface area contributed by atoms with E-state index < -0.39 is 36.1 Å². The number of aliphatic hydroxyl groups is 3. The van der Waals surface area contributed by atoms with Crippen LogP contribution in [0.4, 0.5) is 11.5 Å². The minimum atomic E-state index is -1.26. The van der Waals surface area contributed by atoms with Gasteiger partial charge >= 0.3 is 0 Å². The molecule has 2 aromatic heterocycles. The zero-order valence-corrected chi connectivity index (χ0v) is 15.0. The molecule has 4 atom stereocenters. The van der Waals surface area contributed by atoms with Gasteiger partial charge in [-0.15, -0.1) is 0 Å². The molecule has 1 saturated heterocycles. The van der Waals surface area contributed by atoms with Crippen molar-refractivity contribution in [2.75, 3.05) is 11.9 Å². The first-order valence-electron chi connectivity index (χ1n) is 8.76. The summed E-state index contributed by atoms with van der Waals surface area (Å²) in [5, 5.41) is 43.4. The first kappa shape index (κ1) is 19.1. The van der Waals surface area contributed by atoms with E-state index >= 15 is 0 Å². The molecule has 1 aliphatic rings. The summed E-state index contributed by atoms with van der Waals surface area (Å²) in [6.07, 6.45) is -1.68. The highest BCUT2D eigenvalue weighted by atomic mass is 16.6. The zero-order chi connectivity index (χ0) is 20.5. The average Bonchev–Trinajstić information content (AvgIpc) is 3.28. The predicted octanol–water partition coefficient (Wildman–Crippen LogP) is -0.0419. The number of benzene rings is 1. The molecule has 4 N–H and O–H groups in total. The number of nitro groups is 1. The molecule has 1 unspecified atom stereocenters. The third-order valence-corrected chi connectivity index (χ3v) is 4.73. The Balaban J connectivity index is 1.58. The molecular weight excluding hydrogens is 384 g/mol. The van der Waals surface area contributed by atoms with Crippen LogP contribution in [0.1, 0.15) is 11.8 Å². The van der Waals surface area contributed by atoms with Gasteiger partial charge in [0.05, 0.1) is 17.9 Å². The van der Waals surface area contributed by atoms with Gasteiger partial charge in [0, 0.05) is 18.7 Å². The van der Waals surface area contributed by atoms with Gasteiger partial charge in [-0.25, -0.2) is 15.0 Å². The maximum Gasteiger partial charge on any atom is 0.269 e. The molecule has 3 aromatic rings. The second-order valence-corrected chi connectivity index (χ2v) is 6.56. The van der Waals surface area contributed by atoms with Crippen molar-refractivity contribution in [2.24, 2.45) is 0 Å². The quantitative estimate of drug-likeness (QED) is 0.324. The number of fused-ring (bicyclic) bond motifs is 1. The molecule has 152 valence electrons. The number of rotatable bonds is 6. The van der Waals surface area contributed by atoms with E-state index in [9.17, 15) is 25.4 Å². The zero-order valence-electron chi connectivity index (χ0n) is 15.0. The Morgan fingerprint density at radius 1 is 1.24 bits per heavy atom. The number of nitro benzene ring substituents is 1. The molecule has 29 heavy (non-hydrogen) atoms. The van der Waals surface area contributed by atoms with Crippen molar-refractivity contribution >= 4 is 22.7 Å². The van der Waals surface area contributed by atoms with Crippen LogP contribution >= 0.6 is 0 Å². The van der Waals surface area contributed by atoms with E-state index in [0.717, 1.165) is 0 Å². The monoisotopic (exact) mass is 402 g/mol. The van der Waals surface area contributed by atoms with Gasteiger partial charge in [-0.3, -0.25) is 14.7 Å². The van der Waals surface area contributed by atoms with Gasteiger partial charge in [0.25, 0.3) is 5.69 Å². The van der Waals surface area contributed by atoms with Crippen LogP contribution in [0.25, 0.3) is 11.2 Å². The summed E-state index contributed by atoms with van der Waals surface area (Å²) in [6.45, 7) is -0.166. The fraction of sp³-hybridized carbons (Fsp3) is 0.353. The SMILES string of the molecule is O=[N+]([O-])c1cccc(CNc2ncnc3c2ncn3C2O[C@H](CO)[C@@H](O)[C@H]2O)c1. The van der Waals surface area contributed by atoms with E-state index in [-0.39, 0.29) is 12.2 Å². The number of anilines is 1. The van der Waals surface area contributed by atoms with Crippen LogP contribution in [0.2, 0.25) is 0 Å². The van der Waals surface area contributed by atoms with E-state index in [2.05, 4.69) is 20.3 Å². The van der Waals surface area contributed by atoms with Gasteiger partial charge in [0.2, 0.25) is 0 Å². The Kier molecular flexibility index (Phi) is 5.07. The van der Waals surface area contributed by atoms with E-state index in [0.29, 0.717) is 22.5 Å². The fourth-order valence-corrected chi connectivity index (χ4v) is 3.24. The predicted molar refractivity (Wildman–Crippen MR) is 98.8 cm³/mol. The topological polar surface area (TPSA) is 169 Å². The number of nitrogens with one attached hydrogen (secondary N) is 1. The van der Waals surface area contributed by atoms with Crippen molar-refractivity contribution in [3.63, 3.8) is 0 Å². The van der Waals surface area contributed by atoms with Gasteiger partial charge < -0.3 is 25.4 Å². The Bertz CT molecular complexity index is 1040. The standard InChI is InChI=1S/C17H18N6O6/c24-6-11-13(25)14(26)17(29-11)22-8-21-12-15(19-7-20-16(12)22)18-5-9-2-1-3-10(4-9)23(27)28/h1-4,7-8,11,13-14,17,24-26H,5-6H2,(H,18,19,20)/t11-,13-,14-,17?/m1/s1. The molecule has 1 aliphatic heterocycles. The maximum absolute atomic E-state index is 10.9. The molecule has 12 heteroatoms. The van der Waals surface area contributed by atoms with Crippen molar-refractivity contribution in [1.82, 2.24) is 19.5 Å². The molecule has 0 spiro atoms. The number of hydrogen-bond acceptors (Lipinski definition) is 10. The van der Waals surface area contributed by atoms with Gasteiger partial charge in [0.15, 0.2) is 23.2 Å². The Morgan fingerprint density at radius 2 is 2.07 bits per heavy atom. The van der Waals surface area contributed by atoms with Crippen molar-refractivity contribution in [3.8, 4) is 0 Å². The maximum atomic E-state index is 10.9. The number of imidazole rings is 1. The molecule has 0 bridgehead atoms. The molecule has 4 rings (SSSR count). The largest absolute Gasteiger partial charge is 0.394 e. The second kappa shape index (κ2) is 7.67. The van der Waals surface area contributed by atoms with Crippen LogP contribution in [-0.4, -0.2) is 64.7 Å². The molecule has 1 aromatic carbocycles. The van der Waals surface area contributed by atoms with E-state index in [4.69, 9.17) is 4.74 Å². The van der Waals surface area contributed by atoms with Crippen LogP contribution in [0.5, 0.6) is 0 Å². The number of nitrogens with zero attached hydrogens (tertiary/aromatic N) is 5. The Morgan fingerprint density at radius 3 is 2.79 bits per heavy atom. The molecule has 0 radical (unpaired) electrons. The molecule has 3 heterocycles. The minimum absolute atomic E-state index is 0.00854. The van der Waals surface area contributed by atoms with Crippen LogP contribution in [0.3, 0.4) is 0 Å². The van der Waals surface area contributed by atoms with Crippen molar-refractivity contribution in [1.29, 1.82) is 0 Å². The van der Waals surface area contributed by atoms with Gasteiger partial charge in [-0.1, -0.05) is 12.1 Å². The molecular formula is C17H18N6O6. The summed E-state index contributed by atoms with van der Waals surface area (Å²) in [5.41, 5.74) is 1.44. The molecule has 0 aliphatic carbocycles. The van der Waals surface area contributed by atoms with Gasteiger partial charge in [-0.2, -0.15) is 0 Å². The summed E-state index contributed by atoms with van der Waals surface area (Å²) >= 11 is 0. The lowest BCUT2D eigenvalue weighted by atomic mass is 10.1. The molecule has 1 fully saturated rings. The minimum Gasteiger partial charge on any atom is -0.394 e. The lowest BCUT2D eigenvalue weighted by Gasteiger charge is -2.16. The van der Waals surface area contributed by atoms with Crippen LogP contribution < -0.4 is 5.32 Å². The van der Waals surface area contributed by atoms with Crippen LogP contribution in [0.15, 0.2) is 36.9 Å². The van der Waals surface area contributed by atoms with Crippen LogP contribution in [-0.2, 0) is 11.3 Å². The fourth-order valence-electron chi connectivity index (χ4n) is 3.24. The first-order valence-corrected chi connectivity index (χ1v) is 8.76. The summed E-state index contributed by atoms with van der Waals surface area (Å²) in [5.74, 6) is 0.395. The number of hydrogen-bond donors (Lipinski definition) is 4. The number of non-ortho nitro benzene ring substituents is 1. The highest BCUT2D eigenvalue weighted by Gasteiger charge is 2.44. The Hall–Kier alpha value is -3.19. The molecule has 0 amide bonds. The van der Waals surface area contributed by atoms with Crippen LogP contribution in [0, 0.1) is 10.1 Å². The molecule has 0 saturated carbocycles. The third-order valence-electron chi connectivity index (χ3n) is 4.73. The average molecular weight is 402 g/mol. The Labute approximate surface area is 163 Å². The van der Waals surface area contributed by atoms with Crippen molar-refractivity contribution in [3.05, 3.63) is 52.6 Å². The summed E-state index contributed by atoms with van der Waals surface area (Å²) in [4.78, 5) is 23.0. The van der Waals surface area contributed by atoms with Crippen molar-refractivity contribution in [2.45, 2.75) is 31.1 Å². The van der Waals surface area contributed by atoms with Crippen molar-refractivity contribution < 1.29 is 25.0 Å². The van der Waals surface area contributed by atoms with E-state index in [1.165, 1.54) is 29.4 Å². The van der Waals surface area contributed by atoms with Gasteiger partial charge in [0.1, 0.15) is 24.6 Å². The number of ether oxygens (including phenoxy) is 1. The van der Waals surface area contributed by atoms with E-state index in [1.54, 1.807) is 12.1 Å². The number of aliphatic hydroxyl groups excluding tert-OH is 3.